The van der Waals surface area contributed by atoms with Crippen molar-refractivity contribution in [3.05, 3.63) is 82.4 Å². The van der Waals surface area contributed by atoms with Gasteiger partial charge in [-0.15, -0.1) is 0 Å². The van der Waals surface area contributed by atoms with Crippen molar-refractivity contribution >= 4 is 17.9 Å². The number of nitrogens with zero attached hydrogens (tertiary/aromatic N) is 2. The lowest BCUT2D eigenvalue weighted by Gasteiger charge is -2.12. The van der Waals surface area contributed by atoms with Gasteiger partial charge in [-0.3, -0.25) is 4.99 Å². The number of carboxylic acid groups (broad SMARTS) is 1. The highest BCUT2D eigenvalue weighted by Gasteiger charge is 2.15. The van der Waals surface area contributed by atoms with E-state index in [4.69, 9.17) is 0 Å². The van der Waals surface area contributed by atoms with E-state index in [0.29, 0.717) is 16.9 Å². The molecule has 132 valence electrons. The summed E-state index contributed by atoms with van der Waals surface area (Å²) in [5.74, 6) is -1.22. The highest BCUT2D eigenvalue weighted by molar-refractivity contribution is 5.92. The van der Waals surface area contributed by atoms with Gasteiger partial charge in [0.15, 0.2) is 0 Å². The normalized spacial score (nSPS) is 11.2. The maximum Gasteiger partial charge on any atom is 0.337 e. The molecule has 5 heteroatoms. The molecule has 1 heterocycles. The zero-order chi connectivity index (χ0) is 18.8. The number of benzene rings is 2. The van der Waals surface area contributed by atoms with E-state index in [2.05, 4.69) is 4.99 Å². The number of aliphatic imine (C=N–C) groups is 1. The van der Waals surface area contributed by atoms with Crippen molar-refractivity contribution in [2.24, 2.45) is 4.99 Å². The van der Waals surface area contributed by atoms with E-state index >= 15 is 0 Å². The molecule has 4 nitrogen and oxygen atoms in total. The van der Waals surface area contributed by atoms with Gasteiger partial charge >= 0.3 is 5.97 Å². The summed E-state index contributed by atoms with van der Waals surface area (Å²) < 4.78 is 15.3. The van der Waals surface area contributed by atoms with Crippen LogP contribution in [-0.4, -0.2) is 21.9 Å². The Balaban J connectivity index is 2.03. The van der Waals surface area contributed by atoms with Gasteiger partial charge in [-0.25, -0.2) is 9.18 Å². The number of rotatable bonds is 4. The number of hydrogen-bond donors (Lipinski definition) is 1. The highest BCUT2D eigenvalue weighted by atomic mass is 19.1. The maximum absolute atomic E-state index is 13.4. The fourth-order valence-electron chi connectivity index (χ4n) is 2.99. The van der Waals surface area contributed by atoms with Crippen molar-refractivity contribution in [2.45, 2.75) is 20.8 Å². The Labute approximate surface area is 151 Å². The number of aromatic carboxylic acids is 1. The van der Waals surface area contributed by atoms with Crippen molar-refractivity contribution in [3.63, 3.8) is 0 Å². The first-order valence-corrected chi connectivity index (χ1v) is 8.20. The molecule has 0 aliphatic heterocycles. The van der Waals surface area contributed by atoms with Crippen LogP contribution in [0.15, 0.2) is 53.5 Å². The third kappa shape index (κ3) is 3.28. The molecule has 0 unspecified atom stereocenters. The molecule has 26 heavy (non-hydrogen) atoms. The van der Waals surface area contributed by atoms with Gasteiger partial charge in [-0.05, 0) is 62.7 Å². The summed E-state index contributed by atoms with van der Waals surface area (Å²) in [6, 6.07) is 13.6. The zero-order valence-corrected chi connectivity index (χ0v) is 14.8. The van der Waals surface area contributed by atoms with Crippen LogP contribution in [0.2, 0.25) is 0 Å². The maximum atomic E-state index is 13.4. The molecular weight excluding hydrogens is 331 g/mol. The van der Waals surface area contributed by atoms with Crippen LogP contribution in [0.1, 0.15) is 32.9 Å². The van der Waals surface area contributed by atoms with Crippen LogP contribution in [0.4, 0.5) is 10.1 Å². The number of carbonyl (C=O) groups is 1. The average molecular weight is 350 g/mol. The third-order valence-electron chi connectivity index (χ3n) is 4.34. The molecule has 0 saturated carbocycles. The molecule has 3 rings (SSSR count). The van der Waals surface area contributed by atoms with Crippen LogP contribution in [0.25, 0.3) is 5.69 Å². The second-order valence-corrected chi connectivity index (χ2v) is 6.18. The van der Waals surface area contributed by atoms with Gasteiger partial charge < -0.3 is 9.67 Å². The summed E-state index contributed by atoms with van der Waals surface area (Å²) in [6.45, 7) is 5.54. The van der Waals surface area contributed by atoms with Gasteiger partial charge in [0.05, 0.1) is 16.9 Å². The summed E-state index contributed by atoms with van der Waals surface area (Å²) in [4.78, 5) is 15.9. The van der Waals surface area contributed by atoms with Gasteiger partial charge in [0.1, 0.15) is 5.82 Å². The van der Waals surface area contributed by atoms with E-state index in [1.807, 2.05) is 30.5 Å². The van der Waals surface area contributed by atoms with Gasteiger partial charge in [-0.2, -0.15) is 0 Å². The number of hydrogen-bond acceptors (Lipinski definition) is 2. The molecule has 1 aromatic heterocycles. The average Bonchev–Trinajstić information content (AvgIpc) is 2.89. The number of carboxylic acids is 1. The Morgan fingerprint density at radius 3 is 2.54 bits per heavy atom. The van der Waals surface area contributed by atoms with Crippen LogP contribution < -0.4 is 0 Å². The number of aryl methyl sites for hydroxylation is 2. The molecule has 0 spiro atoms. The topological polar surface area (TPSA) is 54.6 Å². The van der Waals surface area contributed by atoms with Crippen LogP contribution in [0, 0.1) is 26.6 Å². The molecule has 0 saturated heterocycles. The number of aromatic nitrogens is 1. The number of halogens is 1. The fourth-order valence-corrected chi connectivity index (χ4v) is 2.99. The van der Waals surface area contributed by atoms with Crippen LogP contribution >= 0.6 is 0 Å². The molecule has 0 amide bonds. The van der Waals surface area contributed by atoms with Gasteiger partial charge in [0, 0.05) is 23.2 Å². The molecule has 0 aliphatic carbocycles. The van der Waals surface area contributed by atoms with Crippen molar-refractivity contribution in [2.75, 3.05) is 0 Å². The quantitative estimate of drug-likeness (QED) is 0.674. The Morgan fingerprint density at radius 2 is 1.85 bits per heavy atom. The molecular formula is C21H19FN2O2. The lowest BCUT2D eigenvalue weighted by atomic mass is 10.1. The lowest BCUT2D eigenvalue weighted by Crippen LogP contribution is -2.07. The predicted molar refractivity (Wildman–Crippen MR) is 101 cm³/mol. The van der Waals surface area contributed by atoms with Gasteiger partial charge in [0.25, 0.3) is 0 Å². The first kappa shape index (κ1) is 17.6. The van der Waals surface area contributed by atoms with Crippen molar-refractivity contribution in [3.8, 4) is 5.69 Å². The molecule has 2 aromatic carbocycles. The minimum atomic E-state index is -0.967. The molecule has 0 bridgehead atoms. The van der Waals surface area contributed by atoms with Crippen LogP contribution in [0.5, 0.6) is 0 Å². The van der Waals surface area contributed by atoms with Crippen LogP contribution in [-0.2, 0) is 0 Å². The van der Waals surface area contributed by atoms with Crippen molar-refractivity contribution in [1.82, 2.24) is 4.57 Å². The first-order valence-electron chi connectivity index (χ1n) is 8.20. The van der Waals surface area contributed by atoms with E-state index in [1.165, 1.54) is 6.07 Å². The molecule has 0 aliphatic rings. The largest absolute Gasteiger partial charge is 0.478 e. The Hall–Kier alpha value is -3.21. The van der Waals surface area contributed by atoms with Crippen molar-refractivity contribution in [1.29, 1.82) is 0 Å². The summed E-state index contributed by atoms with van der Waals surface area (Å²) >= 11 is 0. The Morgan fingerprint density at radius 1 is 1.12 bits per heavy atom. The number of para-hydroxylation sites is 1. The van der Waals surface area contributed by atoms with E-state index in [1.54, 1.807) is 43.5 Å². The zero-order valence-electron chi connectivity index (χ0n) is 14.8. The van der Waals surface area contributed by atoms with Gasteiger partial charge in [0.2, 0.25) is 0 Å². The first-order chi connectivity index (χ1) is 12.4. The van der Waals surface area contributed by atoms with Crippen molar-refractivity contribution < 1.29 is 14.3 Å². The highest BCUT2D eigenvalue weighted by Crippen LogP contribution is 2.24. The van der Waals surface area contributed by atoms with Gasteiger partial charge in [-0.1, -0.05) is 12.1 Å². The molecule has 3 aromatic rings. The lowest BCUT2D eigenvalue weighted by molar-refractivity contribution is 0.0697. The smallest absolute Gasteiger partial charge is 0.337 e. The third-order valence-corrected chi connectivity index (χ3v) is 4.34. The summed E-state index contributed by atoms with van der Waals surface area (Å²) in [7, 11) is 0. The fraction of sp³-hybridized carbons (Fsp3) is 0.143. The SMILES string of the molecule is Cc1cc(N=Cc2cc(C)n(-c3ccccc3C(=O)O)c2C)ccc1F. The summed E-state index contributed by atoms with van der Waals surface area (Å²) in [5, 5.41) is 9.45. The summed E-state index contributed by atoms with van der Waals surface area (Å²) in [6.07, 6.45) is 1.72. The van der Waals surface area contributed by atoms with Crippen LogP contribution in [0.3, 0.4) is 0 Å². The Kier molecular flexibility index (Phi) is 4.71. The summed E-state index contributed by atoms with van der Waals surface area (Å²) in [5.41, 5.74) is 4.75. The predicted octanol–water partition coefficient (Wildman–Crippen LogP) is 4.99. The minimum absolute atomic E-state index is 0.243. The molecule has 1 N–H and O–H groups in total. The van der Waals surface area contributed by atoms with E-state index in [-0.39, 0.29) is 11.4 Å². The standard InChI is InChI=1S/C21H19FN2O2/c1-13-10-17(8-9-19(13)22)23-12-16-11-14(2)24(15(16)3)20-7-5-4-6-18(20)21(25)26/h4-12H,1-3H3,(H,25,26). The monoisotopic (exact) mass is 350 g/mol. The molecule has 0 fully saturated rings. The molecule has 0 radical (unpaired) electrons. The second kappa shape index (κ2) is 6.96. The minimum Gasteiger partial charge on any atom is -0.478 e. The van der Waals surface area contributed by atoms with E-state index in [9.17, 15) is 14.3 Å². The van der Waals surface area contributed by atoms with E-state index < -0.39 is 5.97 Å². The molecule has 0 atom stereocenters. The van der Waals surface area contributed by atoms with E-state index in [0.717, 1.165) is 17.0 Å². The Bertz CT molecular complexity index is 1020. The second-order valence-electron chi connectivity index (χ2n) is 6.18.